The van der Waals surface area contributed by atoms with Crippen LogP contribution in [0, 0.1) is 6.92 Å². The molecule has 0 radical (unpaired) electrons. The van der Waals surface area contributed by atoms with Gasteiger partial charge in [0.1, 0.15) is 18.1 Å². The molecule has 1 N–H and O–H groups in total. The molecule has 1 aromatic heterocycles. The highest BCUT2D eigenvalue weighted by molar-refractivity contribution is 5.42. The van der Waals surface area contributed by atoms with E-state index in [2.05, 4.69) is 5.16 Å². The van der Waals surface area contributed by atoms with Gasteiger partial charge in [-0.05, 0) is 24.6 Å². The van der Waals surface area contributed by atoms with Crippen molar-refractivity contribution >= 4 is 0 Å². The Bertz CT molecular complexity index is 521. The minimum Gasteiger partial charge on any atom is -0.493 e. The monoisotopic (exact) mass is 249 g/mol. The molecule has 96 valence electrons. The second-order valence-corrected chi connectivity index (χ2v) is 3.86. The van der Waals surface area contributed by atoms with Crippen LogP contribution in [0.2, 0.25) is 0 Å². The van der Waals surface area contributed by atoms with E-state index in [4.69, 9.17) is 19.1 Å². The van der Waals surface area contributed by atoms with Crippen molar-refractivity contribution in [1.82, 2.24) is 5.16 Å². The van der Waals surface area contributed by atoms with Gasteiger partial charge >= 0.3 is 0 Å². The van der Waals surface area contributed by atoms with Gasteiger partial charge in [0.05, 0.1) is 13.7 Å². The normalized spacial score (nSPS) is 10.4. The lowest BCUT2D eigenvalue weighted by Gasteiger charge is -2.10. The second kappa shape index (κ2) is 5.55. The topological polar surface area (TPSA) is 64.7 Å². The quantitative estimate of drug-likeness (QED) is 0.878. The summed E-state index contributed by atoms with van der Waals surface area (Å²) < 4.78 is 15.8. The minimum atomic E-state index is -0.0383. The van der Waals surface area contributed by atoms with Crippen LogP contribution in [0.3, 0.4) is 0 Å². The van der Waals surface area contributed by atoms with E-state index < -0.39 is 0 Å². The Balaban J connectivity index is 2.11. The van der Waals surface area contributed by atoms with Crippen LogP contribution < -0.4 is 9.47 Å². The minimum absolute atomic E-state index is 0.0383. The number of nitrogens with zero attached hydrogens (tertiary/aromatic N) is 1. The number of hydrogen-bond donors (Lipinski definition) is 1. The van der Waals surface area contributed by atoms with E-state index in [1.54, 1.807) is 25.3 Å². The number of hydrogen-bond acceptors (Lipinski definition) is 5. The van der Waals surface area contributed by atoms with Crippen molar-refractivity contribution in [2.45, 2.75) is 20.1 Å². The first kappa shape index (κ1) is 12.4. The zero-order valence-corrected chi connectivity index (χ0v) is 10.3. The Hall–Kier alpha value is -2.01. The standard InChI is InChI=1S/C13H15NO4/c1-9-5-11(14-18-9)8-17-13-6-10(7-15)3-4-12(13)16-2/h3-6,15H,7-8H2,1-2H3. The van der Waals surface area contributed by atoms with Crippen molar-refractivity contribution in [2.75, 3.05) is 7.11 Å². The first-order valence-corrected chi connectivity index (χ1v) is 5.55. The summed E-state index contributed by atoms with van der Waals surface area (Å²) in [7, 11) is 1.57. The molecule has 5 heteroatoms. The Morgan fingerprint density at radius 2 is 2.11 bits per heavy atom. The van der Waals surface area contributed by atoms with Crippen molar-refractivity contribution in [3.63, 3.8) is 0 Å². The SMILES string of the molecule is COc1ccc(CO)cc1OCc1cc(C)on1. The van der Waals surface area contributed by atoms with Crippen LogP contribution in [-0.4, -0.2) is 17.4 Å². The highest BCUT2D eigenvalue weighted by Gasteiger charge is 2.07. The van der Waals surface area contributed by atoms with Gasteiger partial charge in [-0.25, -0.2) is 0 Å². The molecule has 18 heavy (non-hydrogen) atoms. The molecule has 2 aromatic rings. The van der Waals surface area contributed by atoms with E-state index in [1.165, 1.54) is 0 Å². The Morgan fingerprint density at radius 1 is 1.28 bits per heavy atom. The predicted octanol–water partition coefficient (Wildman–Crippen LogP) is 2.06. The summed E-state index contributed by atoms with van der Waals surface area (Å²) in [5.74, 6) is 1.93. The molecule has 0 atom stereocenters. The molecule has 0 aliphatic heterocycles. The van der Waals surface area contributed by atoms with Gasteiger partial charge in [0.15, 0.2) is 11.5 Å². The molecule has 0 saturated heterocycles. The number of aromatic nitrogens is 1. The van der Waals surface area contributed by atoms with Crippen molar-refractivity contribution in [2.24, 2.45) is 0 Å². The van der Waals surface area contributed by atoms with Crippen LogP contribution in [0.5, 0.6) is 11.5 Å². The Kier molecular flexibility index (Phi) is 3.84. The summed E-state index contributed by atoms with van der Waals surface area (Å²) in [6, 6.07) is 7.09. The van der Waals surface area contributed by atoms with Crippen molar-refractivity contribution < 1.29 is 19.1 Å². The van der Waals surface area contributed by atoms with E-state index in [9.17, 15) is 0 Å². The van der Waals surface area contributed by atoms with Gasteiger partial charge in [0.2, 0.25) is 0 Å². The lowest BCUT2D eigenvalue weighted by molar-refractivity contribution is 0.264. The fourth-order valence-corrected chi connectivity index (χ4v) is 1.57. The maximum absolute atomic E-state index is 9.09. The number of aliphatic hydroxyl groups is 1. The average Bonchev–Trinajstić information content (AvgIpc) is 2.81. The van der Waals surface area contributed by atoms with Crippen LogP contribution in [-0.2, 0) is 13.2 Å². The molecule has 0 amide bonds. The summed E-state index contributed by atoms with van der Waals surface area (Å²) in [4.78, 5) is 0. The third kappa shape index (κ3) is 2.81. The van der Waals surface area contributed by atoms with E-state index in [0.717, 1.165) is 11.3 Å². The zero-order chi connectivity index (χ0) is 13.0. The summed E-state index contributed by atoms with van der Waals surface area (Å²) in [5.41, 5.74) is 1.48. The fourth-order valence-electron chi connectivity index (χ4n) is 1.57. The van der Waals surface area contributed by atoms with Crippen LogP contribution in [0.4, 0.5) is 0 Å². The molecule has 0 saturated carbocycles. The second-order valence-electron chi connectivity index (χ2n) is 3.86. The van der Waals surface area contributed by atoms with Crippen molar-refractivity contribution in [3.05, 3.63) is 41.3 Å². The Morgan fingerprint density at radius 3 is 2.72 bits per heavy atom. The predicted molar refractivity (Wildman–Crippen MR) is 64.5 cm³/mol. The number of benzene rings is 1. The molecule has 1 heterocycles. The summed E-state index contributed by atoms with van der Waals surface area (Å²) >= 11 is 0. The van der Waals surface area contributed by atoms with Gasteiger partial charge in [-0.3, -0.25) is 0 Å². The molecular weight excluding hydrogens is 234 g/mol. The lowest BCUT2D eigenvalue weighted by Crippen LogP contribution is -1.99. The number of rotatable bonds is 5. The van der Waals surface area contributed by atoms with Crippen LogP contribution in [0.25, 0.3) is 0 Å². The molecule has 0 spiro atoms. The van der Waals surface area contributed by atoms with Crippen molar-refractivity contribution in [3.8, 4) is 11.5 Å². The molecule has 0 aliphatic rings. The number of ether oxygens (including phenoxy) is 2. The van der Waals surface area contributed by atoms with E-state index in [-0.39, 0.29) is 6.61 Å². The maximum atomic E-state index is 9.09. The number of aliphatic hydroxyl groups excluding tert-OH is 1. The van der Waals surface area contributed by atoms with Gasteiger partial charge in [0.25, 0.3) is 0 Å². The van der Waals surface area contributed by atoms with E-state index in [0.29, 0.717) is 23.8 Å². The first-order valence-electron chi connectivity index (χ1n) is 5.55. The molecule has 2 rings (SSSR count). The Labute approximate surface area is 105 Å². The molecule has 0 fully saturated rings. The number of methoxy groups -OCH3 is 1. The van der Waals surface area contributed by atoms with E-state index in [1.807, 2.05) is 13.0 Å². The molecule has 0 aliphatic carbocycles. The molecule has 1 aromatic carbocycles. The summed E-state index contributed by atoms with van der Waals surface area (Å²) in [6.45, 7) is 2.08. The highest BCUT2D eigenvalue weighted by atomic mass is 16.5. The fraction of sp³-hybridized carbons (Fsp3) is 0.308. The van der Waals surface area contributed by atoms with Gasteiger partial charge < -0.3 is 19.1 Å². The molecule has 0 unspecified atom stereocenters. The van der Waals surface area contributed by atoms with Crippen molar-refractivity contribution in [1.29, 1.82) is 0 Å². The lowest BCUT2D eigenvalue weighted by atomic mass is 10.2. The number of aryl methyl sites for hydroxylation is 1. The van der Waals surface area contributed by atoms with Gasteiger partial charge in [-0.2, -0.15) is 0 Å². The van der Waals surface area contributed by atoms with Gasteiger partial charge in [-0.15, -0.1) is 0 Å². The summed E-state index contributed by atoms with van der Waals surface area (Å²) in [5, 5.41) is 12.9. The molecule has 5 nitrogen and oxygen atoms in total. The smallest absolute Gasteiger partial charge is 0.162 e. The van der Waals surface area contributed by atoms with Gasteiger partial charge in [0, 0.05) is 6.07 Å². The molecular formula is C13H15NO4. The van der Waals surface area contributed by atoms with Crippen LogP contribution in [0.1, 0.15) is 17.0 Å². The zero-order valence-electron chi connectivity index (χ0n) is 10.3. The maximum Gasteiger partial charge on any atom is 0.162 e. The average molecular weight is 249 g/mol. The van der Waals surface area contributed by atoms with Crippen LogP contribution in [0.15, 0.2) is 28.8 Å². The third-order valence-electron chi connectivity index (χ3n) is 2.46. The van der Waals surface area contributed by atoms with Gasteiger partial charge in [-0.1, -0.05) is 11.2 Å². The van der Waals surface area contributed by atoms with Crippen LogP contribution >= 0.6 is 0 Å². The largest absolute Gasteiger partial charge is 0.493 e. The highest BCUT2D eigenvalue weighted by Crippen LogP contribution is 2.28. The third-order valence-corrected chi connectivity index (χ3v) is 2.46. The summed E-state index contributed by atoms with van der Waals surface area (Å²) in [6.07, 6.45) is 0. The molecule has 0 bridgehead atoms. The van der Waals surface area contributed by atoms with E-state index >= 15 is 0 Å². The first-order chi connectivity index (χ1) is 8.72.